The first-order valence-electron chi connectivity index (χ1n) is 8.51. The molecular weight excluding hydrogens is 364 g/mol. The molecule has 9 nitrogen and oxygen atoms in total. The maximum absolute atomic E-state index is 12.0. The van der Waals surface area contributed by atoms with E-state index >= 15 is 0 Å². The topological polar surface area (TPSA) is 128 Å². The van der Waals surface area contributed by atoms with Crippen molar-refractivity contribution >= 4 is 27.9 Å². The average Bonchev–Trinajstić information content (AvgIpc) is 3.16. The van der Waals surface area contributed by atoms with Gasteiger partial charge in [0.1, 0.15) is 12.2 Å². The van der Waals surface area contributed by atoms with Crippen LogP contribution in [0, 0.1) is 11.8 Å². The number of carbonyl (C=O) groups excluding carboxylic acids is 3. The van der Waals surface area contributed by atoms with E-state index in [1.165, 1.54) is 6.92 Å². The molecule has 2 bridgehead atoms. The van der Waals surface area contributed by atoms with Gasteiger partial charge in [-0.1, -0.05) is 6.58 Å². The lowest BCUT2D eigenvalue weighted by molar-refractivity contribution is -0.155. The van der Waals surface area contributed by atoms with E-state index in [1.807, 2.05) is 0 Å². The summed E-state index contributed by atoms with van der Waals surface area (Å²) >= 11 is 0. The minimum Gasteiger partial charge on any atom is -0.459 e. The third-order valence-electron chi connectivity index (χ3n) is 5.13. The molecule has 0 aromatic carbocycles. The molecule has 2 saturated carbocycles. The lowest BCUT2D eigenvalue weighted by Crippen LogP contribution is -2.39. The first-order chi connectivity index (χ1) is 12.2. The first-order valence-corrected chi connectivity index (χ1v) is 9.98. The molecule has 2 N–H and O–H groups in total. The Morgan fingerprint density at radius 3 is 2.65 bits per heavy atom. The fourth-order valence-electron chi connectivity index (χ4n) is 3.93. The molecule has 5 unspecified atom stereocenters. The van der Waals surface area contributed by atoms with Crippen LogP contribution < -0.4 is 10.6 Å². The van der Waals surface area contributed by atoms with Crippen LogP contribution in [0.1, 0.15) is 26.2 Å². The first kappa shape index (κ1) is 18.8. The molecular formula is C16H22N2O7S. The predicted octanol–water partition coefficient (Wildman–Crippen LogP) is -0.766. The molecule has 2 aliphatic carbocycles. The SMILES string of the molecule is C=C(C)C(=O)NCC(=O)NCCC(=O)OC1C2CC3C1OS(=O)(=O)C3C2. The Kier molecular flexibility index (Phi) is 5.07. The van der Waals surface area contributed by atoms with Gasteiger partial charge in [-0.15, -0.1) is 0 Å². The van der Waals surface area contributed by atoms with Crippen LogP contribution in [-0.4, -0.2) is 56.7 Å². The van der Waals surface area contributed by atoms with Crippen LogP contribution in [0.5, 0.6) is 0 Å². The van der Waals surface area contributed by atoms with Crippen molar-refractivity contribution < 1.29 is 31.7 Å². The van der Waals surface area contributed by atoms with Crippen molar-refractivity contribution in [2.75, 3.05) is 13.1 Å². The Bertz CT molecular complexity index is 748. The van der Waals surface area contributed by atoms with Crippen LogP contribution in [0.3, 0.4) is 0 Å². The van der Waals surface area contributed by atoms with Crippen LogP contribution in [-0.2, 0) is 33.4 Å². The largest absolute Gasteiger partial charge is 0.459 e. The molecule has 5 atom stereocenters. The van der Waals surface area contributed by atoms with Gasteiger partial charge in [-0.25, -0.2) is 0 Å². The zero-order valence-electron chi connectivity index (χ0n) is 14.4. The maximum atomic E-state index is 12.0. The van der Waals surface area contributed by atoms with Gasteiger partial charge in [0.05, 0.1) is 18.2 Å². The molecule has 10 heteroatoms. The normalized spacial score (nSPS) is 32.9. The van der Waals surface area contributed by atoms with Gasteiger partial charge in [0.2, 0.25) is 11.8 Å². The highest BCUT2D eigenvalue weighted by atomic mass is 32.2. The fraction of sp³-hybridized carbons (Fsp3) is 0.688. The second-order valence-electron chi connectivity index (χ2n) is 7.00. The van der Waals surface area contributed by atoms with Gasteiger partial charge in [-0.3, -0.25) is 18.6 Å². The molecule has 1 aliphatic heterocycles. The summed E-state index contributed by atoms with van der Waals surface area (Å²) in [5.41, 5.74) is 0.297. The quantitative estimate of drug-likeness (QED) is 0.334. The van der Waals surface area contributed by atoms with Gasteiger partial charge in [0, 0.05) is 24.0 Å². The highest BCUT2D eigenvalue weighted by molar-refractivity contribution is 7.87. The monoisotopic (exact) mass is 386 g/mol. The number of amides is 2. The van der Waals surface area contributed by atoms with Gasteiger partial charge in [-0.05, 0) is 19.8 Å². The van der Waals surface area contributed by atoms with E-state index in [9.17, 15) is 22.8 Å². The lowest BCUT2D eigenvalue weighted by Gasteiger charge is -2.24. The van der Waals surface area contributed by atoms with Crippen molar-refractivity contribution in [1.29, 1.82) is 0 Å². The molecule has 3 rings (SSSR count). The van der Waals surface area contributed by atoms with E-state index in [-0.39, 0.29) is 31.3 Å². The Morgan fingerprint density at radius 2 is 1.96 bits per heavy atom. The van der Waals surface area contributed by atoms with Crippen molar-refractivity contribution in [3.8, 4) is 0 Å². The number of hydrogen-bond acceptors (Lipinski definition) is 7. The number of esters is 1. The highest BCUT2D eigenvalue weighted by Gasteiger charge is 2.65. The van der Waals surface area contributed by atoms with Crippen molar-refractivity contribution in [3.63, 3.8) is 0 Å². The Morgan fingerprint density at radius 1 is 1.23 bits per heavy atom. The molecule has 0 radical (unpaired) electrons. The van der Waals surface area contributed by atoms with Gasteiger partial charge in [-0.2, -0.15) is 8.42 Å². The number of hydrogen-bond donors (Lipinski definition) is 2. The molecule has 3 fully saturated rings. The lowest BCUT2D eigenvalue weighted by atomic mass is 9.94. The van der Waals surface area contributed by atoms with Gasteiger partial charge in [0.15, 0.2) is 0 Å². The molecule has 1 saturated heterocycles. The summed E-state index contributed by atoms with van der Waals surface area (Å²) in [5, 5.41) is 4.43. The molecule has 26 heavy (non-hydrogen) atoms. The number of ether oxygens (including phenoxy) is 1. The van der Waals surface area contributed by atoms with E-state index in [1.54, 1.807) is 0 Å². The highest BCUT2D eigenvalue weighted by Crippen LogP contribution is 2.55. The van der Waals surface area contributed by atoms with Crippen molar-refractivity contribution in [2.24, 2.45) is 11.8 Å². The zero-order chi connectivity index (χ0) is 19.1. The zero-order valence-corrected chi connectivity index (χ0v) is 15.2. The number of carbonyl (C=O) groups is 3. The van der Waals surface area contributed by atoms with Gasteiger partial charge in [0.25, 0.3) is 10.1 Å². The fourth-order valence-corrected chi connectivity index (χ4v) is 5.81. The summed E-state index contributed by atoms with van der Waals surface area (Å²) in [4.78, 5) is 34.8. The molecule has 0 aromatic rings. The summed E-state index contributed by atoms with van der Waals surface area (Å²) in [6.07, 6.45) is 0.0229. The van der Waals surface area contributed by atoms with Crippen molar-refractivity contribution in [2.45, 2.75) is 43.6 Å². The van der Waals surface area contributed by atoms with Gasteiger partial charge >= 0.3 is 5.97 Å². The number of fused-ring (bicyclic) bond motifs is 1. The Balaban J connectivity index is 1.39. The Hall–Kier alpha value is -1.94. The Labute approximate surface area is 151 Å². The van der Waals surface area contributed by atoms with E-state index in [0.717, 1.165) is 0 Å². The number of rotatable bonds is 7. The van der Waals surface area contributed by atoms with Crippen LogP contribution in [0.2, 0.25) is 0 Å². The van der Waals surface area contributed by atoms with E-state index < -0.39 is 45.4 Å². The third-order valence-corrected chi connectivity index (χ3v) is 6.90. The minimum absolute atomic E-state index is 0.0168. The van der Waals surface area contributed by atoms with Crippen LogP contribution in [0.15, 0.2) is 12.2 Å². The van der Waals surface area contributed by atoms with Gasteiger partial charge < -0.3 is 15.4 Å². The summed E-state index contributed by atoms with van der Waals surface area (Å²) in [5.74, 6) is -1.43. The molecule has 0 aromatic heterocycles. The summed E-state index contributed by atoms with van der Waals surface area (Å²) in [6.45, 7) is 4.84. The molecule has 144 valence electrons. The molecule has 1 heterocycles. The molecule has 2 amide bonds. The second-order valence-corrected chi connectivity index (χ2v) is 8.79. The van der Waals surface area contributed by atoms with Crippen molar-refractivity contribution in [1.82, 2.24) is 10.6 Å². The smallest absolute Gasteiger partial charge is 0.307 e. The van der Waals surface area contributed by atoms with Crippen LogP contribution in [0.25, 0.3) is 0 Å². The number of nitrogens with one attached hydrogen (secondary N) is 2. The van der Waals surface area contributed by atoms with E-state index in [4.69, 9.17) is 8.92 Å². The minimum atomic E-state index is -3.54. The van der Waals surface area contributed by atoms with E-state index in [0.29, 0.717) is 18.4 Å². The molecule has 3 aliphatic rings. The summed E-state index contributed by atoms with van der Waals surface area (Å²) < 4.78 is 34.3. The maximum Gasteiger partial charge on any atom is 0.307 e. The second kappa shape index (κ2) is 6.99. The summed E-state index contributed by atoms with van der Waals surface area (Å²) in [6, 6.07) is 0. The third kappa shape index (κ3) is 3.61. The standard InChI is InChI=1S/C16H22N2O7S/c1-8(2)16(21)18-7-12(19)17-4-3-13(20)24-14-9-5-10-11(6-9)26(22,23)25-15(10)14/h9-11,14-15H,1,3-7H2,2H3,(H,17,19)(H,18,21). The van der Waals surface area contributed by atoms with E-state index in [2.05, 4.69) is 17.2 Å². The molecule has 0 spiro atoms. The predicted molar refractivity (Wildman–Crippen MR) is 89.1 cm³/mol. The van der Waals surface area contributed by atoms with Crippen molar-refractivity contribution in [3.05, 3.63) is 12.2 Å². The van der Waals surface area contributed by atoms with Crippen LogP contribution in [0.4, 0.5) is 0 Å². The van der Waals surface area contributed by atoms with Crippen LogP contribution >= 0.6 is 0 Å². The summed E-state index contributed by atoms with van der Waals surface area (Å²) in [7, 11) is -3.54. The average molecular weight is 386 g/mol.